The van der Waals surface area contributed by atoms with Crippen molar-refractivity contribution in [3.63, 3.8) is 0 Å². The number of rotatable bonds is 4. The summed E-state index contributed by atoms with van der Waals surface area (Å²) in [6, 6.07) is 13.8. The second-order valence-corrected chi connectivity index (χ2v) is 9.44. The van der Waals surface area contributed by atoms with Gasteiger partial charge in [0, 0.05) is 24.8 Å². The molecule has 0 saturated carbocycles. The van der Waals surface area contributed by atoms with Gasteiger partial charge in [-0.2, -0.15) is 5.10 Å². The van der Waals surface area contributed by atoms with Gasteiger partial charge in [0.05, 0.1) is 18.4 Å². The van der Waals surface area contributed by atoms with Crippen molar-refractivity contribution in [2.24, 2.45) is 0 Å². The van der Waals surface area contributed by atoms with E-state index in [1.165, 1.54) is 11.1 Å². The normalized spacial score (nSPS) is 13.4. The third-order valence-corrected chi connectivity index (χ3v) is 5.62. The highest BCUT2D eigenvalue weighted by molar-refractivity contribution is 6.04. The van der Waals surface area contributed by atoms with Crippen LogP contribution in [0.1, 0.15) is 53.4 Å². The first-order valence-electron chi connectivity index (χ1n) is 11.2. The third-order valence-electron chi connectivity index (χ3n) is 5.62. The minimum Gasteiger partial charge on any atom is -0.444 e. The van der Waals surface area contributed by atoms with Gasteiger partial charge in [-0.15, -0.1) is 0 Å². The second-order valence-electron chi connectivity index (χ2n) is 9.44. The van der Waals surface area contributed by atoms with Crippen molar-refractivity contribution in [1.29, 1.82) is 0 Å². The Bertz CT molecular complexity index is 1180. The van der Waals surface area contributed by atoms with E-state index in [1.54, 1.807) is 17.2 Å². The molecular weight excluding hydrogens is 416 g/mol. The standard InChI is InChI=1S/C26H30N4O3/c1-18-7-5-6-8-21(18)16-30-17-23(14-27-30)28-24(31)20-9-10-22-15-29(12-11-19(22)13-20)25(32)33-26(2,3)4/h5-10,13-14,17H,11-12,15-16H2,1-4H3,(H,28,31). The molecule has 0 fully saturated rings. The Morgan fingerprint density at radius 1 is 1.12 bits per heavy atom. The summed E-state index contributed by atoms with van der Waals surface area (Å²) in [6.07, 6.45) is 3.87. The molecule has 1 aliphatic rings. The van der Waals surface area contributed by atoms with Gasteiger partial charge in [0.2, 0.25) is 0 Å². The fourth-order valence-corrected chi connectivity index (χ4v) is 3.86. The summed E-state index contributed by atoms with van der Waals surface area (Å²) in [4.78, 5) is 26.9. The lowest BCUT2D eigenvalue weighted by molar-refractivity contribution is 0.0224. The average molecular weight is 447 g/mol. The van der Waals surface area contributed by atoms with Crippen LogP contribution in [0.4, 0.5) is 10.5 Å². The minimum atomic E-state index is -0.521. The molecule has 3 aromatic rings. The van der Waals surface area contributed by atoms with Gasteiger partial charge in [-0.25, -0.2) is 4.79 Å². The summed E-state index contributed by atoms with van der Waals surface area (Å²) in [6.45, 7) is 9.36. The molecule has 33 heavy (non-hydrogen) atoms. The lowest BCUT2D eigenvalue weighted by Gasteiger charge is -2.31. The maximum Gasteiger partial charge on any atom is 0.410 e. The molecule has 0 unspecified atom stereocenters. The smallest absolute Gasteiger partial charge is 0.410 e. The van der Waals surface area contributed by atoms with Crippen molar-refractivity contribution in [3.8, 4) is 0 Å². The number of nitrogens with zero attached hydrogens (tertiary/aromatic N) is 3. The molecule has 1 N–H and O–H groups in total. The predicted molar refractivity (Wildman–Crippen MR) is 127 cm³/mol. The van der Waals surface area contributed by atoms with Gasteiger partial charge < -0.3 is 15.0 Å². The largest absolute Gasteiger partial charge is 0.444 e. The average Bonchev–Trinajstić information content (AvgIpc) is 3.20. The van der Waals surface area contributed by atoms with Gasteiger partial charge in [0.25, 0.3) is 5.91 Å². The lowest BCUT2D eigenvalue weighted by atomic mass is 9.97. The van der Waals surface area contributed by atoms with Gasteiger partial charge in [-0.1, -0.05) is 30.3 Å². The highest BCUT2D eigenvalue weighted by atomic mass is 16.6. The summed E-state index contributed by atoms with van der Waals surface area (Å²) in [5, 5.41) is 7.30. The molecule has 0 bridgehead atoms. The highest BCUT2D eigenvalue weighted by Crippen LogP contribution is 2.23. The molecule has 1 aromatic heterocycles. The Kier molecular flexibility index (Phi) is 6.22. The van der Waals surface area contributed by atoms with Crippen LogP contribution in [0.5, 0.6) is 0 Å². The van der Waals surface area contributed by atoms with E-state index >= 15 is 0 Å². The van der Waals surface area contributed by atoms with E-state index in [0.717, 1.165) is 11.1 Å². The lowest BCUT2D eigenvalue weighted by Crippen LogP contribution is -2.39. The van der Waals surface area contributed by atoms with Gasteiger partial charge in [-0.3, -0.25) is 9.48 Å². The first kappa shape index (κ1) is 22.6. The number of amides is 2. The molecule has 7 nitrogen and oxygen atoms in total. The SMILES string of the molecule is Cc1ccccc1Cn1cc(NC(=O)c2ccc3c(c2)CCN(C(=O)OC(C)(C)C)C3)cn1. The number of fused-ring (bicyclic) bond motifs is 1. The molecule has 2 amide bonds. The van der Waals surface area contributed by atoms with E-state index in [1.807, 2.05) is 55.9 Å². The van der Waals surface area contributed by atoms with E-state index in [0.29, 0.717) is 37.3 Å². The molecule has 0 radical (unpaired) electrons. The predicted octanol–water partition coefficient (Wildman–Crippen LogP) is 4.79. The number of aryl methyl sites for hydroxylation is 1. The summed E-state index contributed by atoms with van der Waals surface area (Å²) >= 11 is 0. The first-order valence-corrected chi connectivity index (χ1v) is 11.2. The van der Waals surface area contributed by atoms with Crippen molar-refractivity contribution in [2.75, 3.05) is 11.9 Å². The minimum absolute atomic E-state index is 0.178. The summed E-state index contributed by atoms with van der Waals surface area (Å²) in [7, 11) is 0. The fourth-order valence-electron chi connectivity index (χ4n) is 3.86. The van der Waals surface area contributed by atoms with Crippen LogP contribution in [0.25, 0.3) is 0 Å². The van der Waals surface area contributed by atoms with E-state index in [4.69, 9.17) is 4.74 Å². The first-order chi connectivity index (χ1) is 15.7. The number of benzene rings is 2. The maximum atomic E-state index is 12.8. The van der Waals surface area contributed by atoms with Crippen molar-refractivity contribution >= 4 is 17.7 Å². The Morgan fingerprint density at radius 3 is 2.67 bits per heavy atom. The molecule has 1 aliphatic heterocycles. The van der Waals surface area contributed by atoms with Crippen molar-refractivity contribution in [3.05, 3.63) is 82.7 Å². The zero-order chi connectivity index (χ0) is 23.6. The van der Waals surface area contributed by atoms with Crippen LogP contribution in [0.2, 0.25) is 0 Å². The van der Waals surface area contributed by atoms with E-state index in [2.05, 4.69) is 29.5 Å². The molecule has 4 rings (SSSR count). The number of hydrogen-bond donors (Lipinski definition) is 1. The number of nitrogens with one attached hydrogen (secondary N) is 1. The van der Waals surface area contributed by atoms with E-state index in [-0.39, 0.29) is 12.0 Å². The number of ether oxygens (including phenoxy) is 1. The highest BCUT2D eigenvalue weighted by Gasteiger charge is 2.26. The summed E-state index contributed by atoms with van der Waals surface area (Å²) < 4.78 is 7.30. The Balaban J connectivity index is 1.39. The third kappa shape index (κ3) is 5.61. The monoisotopic (exact) mass is 446 g/mol. The van der Waals surface area contributed by atoms with Gasteiger partial charge in [0.15, 0.2) is 0 Å². The number of carbonyl (C=O) groups excluding carboxylic acids is 2. The van der Waals surface area contributed by atoms with Crippen LogP contribution in [0.15, 0.2) is 54.9 Å². The molecule has 0 spiro atoms. The molecular formula is C26H30N4O3. The van der Waals surface area contributed by atoms with E-state index in [9.17, 15) is 9.59 Å². The number of aromatic nitrogens is 2. The second kappa shape index (κ2) is 9.10. The maximum absolute atomic E-state index is 12.8. The molecule has 0 atom stereocenters. The van der Waals surface area contributed by atoms with Gasteiger partial charge >= 0.3 is 6.09 Å². The molecule has 0 aliphatic carbocycles. The van der Waals surface area contributed by atoms with Crippen LogP contribution in [-0.4, -0.2) is 38.8 Å². The summed E-state index contributed by atoms with van der Waals surface area (Å²) in [5.41, 5.74) is 5.24. The van der Waals surface area contributed by atoms with Crippen LogP contribution >= 0.6 is 0 Å². The van der Waals surface area contributed by atoms with Crippen molar-refractivity contribution in [1.82, 2.24) is 14.7 Å². The summed E-state index contributed by atoms with van der Waals surface area (Å²) in [5.74, 6) is -0.178. The zero-order valence-electron chi connectivity index (χ0n) is 19.6. The molecule has 172 valence electrons. The quantitative estimate of drug-likeness (QED) is 0.625. The number of hydrogen-bond acceptors (Lipinski definition) is 4. The Labute approximate surface area is 194 Å². The van der Waals surface area contributed by atoms with Crippen molar-refractivity contribution in [2.45, 2.75) is 52.8 Å². The van der Waals surface area contributed by atoms with Crippen LogP contribution in [-0.2, 0) is 24.2 Å². The zero-order valence-corrected chi connectivity index (χ0v) is 19.6. The number of carbonyl (C=O) groups is 2. The van der Waals surface area contributed by atoms with Gasteiger partial charge in [-0.05, 0) is 68.5 Å². The van der Waals surface area contributed by atoms with Crippen LogP contribution in [0.3, 0.4) is 0 Å². The fraction of sp³-hybridized carbons (Fsp3) is 0.346. The molecule has 2 aromatic carbocycles. The Hall–Kier alpha value is -3.61. The molecule has 2 heterocycles. The van der Waals surface area contributed by atoms with Crippen molar-refractivity contribution < 1.29 is 14.3 Å². The topological polar surface area (TPSA) is 76.5 Å². The van der Waals surface area contributed by atoms with E-state index < -0.39 is 5.60 Å². The Morgan fingerprint density at radius 2 is 1.91 bits per heavy atom. The molecule has 7 heteroatoms. The molecule has 0 saturated heterocycles. The van der Waals surface area contributed by atoms with Gasteiger partial charge in [0.1, 0.15) is 5.60 Å². The van der Waals surface area contributed by atoms with Crippen LogP contribution < -0.4 is 5.32 Å². The number of anilines is 1. The van der Waals surface area contributed by atoms with Crippen LogP contribution in [0, 0.1) is 6.92 Å².